The SMILES string of the molecule is C.CCN1CCN(c2ccc(C(=O)N[C@@H](CC(C)C)C(=O)N3C[C@@H](OC)[C@H]4OCC(=O)[C@H]43)cc2)CC1.S.S.S. The first-order valence-electron chi connectivity index (χ1n) is 12.7. The molecule has 1 aromatic carbocycles. The Bertz CT molecular complexity index is 929. The number of likely N-dealkylation sites (tertiary alicyclic amines) is 1. The largest absolute Gasteiger partial charge is 0.377 e. The van der Waals surface area contributed by atoms with E-state index >= 15 is 0 Å². The molecule has 224 valence electrons. The van der Waals surface area contributed by atoms with Gasteiger partial charge < -0.3 is 29.5 Å². The molecule has 0 unspecified atom stereocenters. The lowest BCUT2D eigenvalue weighted by molar-refractivity contribution is -0.138. The minimum atomic E-state index is -0.728. The average molecular weight is 605 g/mol. The number of nitrogens with one attached hydrogen (secondary N) is 1. The fourth-order valence-corrected chi connectivity index (χ4v) is 5.33. The topological polar surface area (TPSA) is 91.4 Å². The fourth-order valence-electron chi connectivity index (χ4n) is 5.33. The molecule has 3 aliphatic heterocycles. The van der Waals surface area contributed by atoms with Crippen LogP contribution in [-0.4, -0.2) is 105 Å². The van der Waals surface area contributed by atoms with Crippen LogP contribution in [0.3, 0.4) is 0 Å². The highest BCUT2D eigenvalue weighted by atomic mass is 32.1. The molecule has 39 heavy (non-hydrogen) atoms. The van der Waals surface area contributed by atoms with Crippen LogP contribution in [0.4, 0.5) is 5.69 Å². The standard InChI is InChI=1S/C26H38N4O5.CH4.3H2S/c1-5-28-10-12-29(13-11-28)19-8-6-18(7-9-19)25(32)27-20(14-17(2)3)26(33)30-15-22(34-4)24-23(30)21(31)16-35-24;;;;/h6-9,17,20,22-24H,5,10-16H2,1-4H3,(H,27,32);1H4;3*1H2/t20-,22+,23+,24+;;;;/m0..../s1. The molecule has 3 saturated heterocycles. The van der Waals surface area contributed by atoms with Gasteiger partial charge in [0.2, 0.25) is 5.91 Å². The summed E-state index contributed by atoms with van der Waals surface area (Å²) in [7, 11) is 1.56. The molecule has 3 heterocycles. The van der Waals surface area contributed by atoms with E-state index in [0.717, 1.165) is 38.4 Å². The number of ketones is 1. The van der Waals surface area contributed by atoms with Crippen LogP contribution >= 0.6 is 40.5 Å². The lowest BCUT2D eigenvalue weighted by atomic mass is 10.0. The molecule has 2 amide bonds. The second kappa shape index (κ2) is 16.7. The molecule has 1 aromatic rings. The number of nitrogens with zero attached hydrogens (tertiary/aromatic N) is 3. The van der Waals surface area contributed by atoms with Gasteiger partial charge in [0.1, 0.15) is 30.9 Å². The molecule has 4 rings (SSSR count). The van der Waals surface area contributed by atoms with Gasteiger partial charge in [0.05, 0.1) is 6.54 Å². The molecule has 3 aliphatic rings. The third-order valence-corrected chi connectivity index (χ3v) is 7.35. The number of rotatable bonds is 8. The van der Waals surface area contributed by atoms with Crippen molar-refractivity contribution < 1.29 is 23.9 Å². The number of hydrogen-bond acceptors (Lipinski definition) is 7. The maximum absolute atomic E-state index is 13.5. The van der Waals surface area contributed by atoms with Crippen LogP contribution in [0.25, 0.3) is 0 Å². The minimum absolute atomic E-state index is 0. The zero-order valence-corrected chi connectivity index (χ0v) is 25.7. The predicted molar refractivity (Wildman–Crippen MR) is 170 cm³/mol. The first-order valence-corrected chi connectivity index (χ1v) is 12.7. The quantitative estimate of drug-likeness (QED) is 0.486. The molecule has 0 aromatic heterocycles. The van der Waals surface area contributed by atoms with E-state index in [9.17, 15) is 14.4 Å². The second-order valence-corrected chi connectivity index (χ2v) is 10.1. The van der Waals surface area contributed by atoms with Crippen molar-refractivity contribution in [3.8, 4) is 0 Å². The summed E-state index contributed by atoms with van der Waals surface area (Å²) in [6.45, 7) is 11.5. The molecule has 0 radical (unpaired) electrons. The van der Waals surface area contributed by atoms with Gasteiger partial charge >= 0.3 is 0 Å². The zero-order chi connectivity index (χ0) is 25.1. The Balaban J connectivity index is 0.00000361. The zero-order valence-electron chi connectivity index (χ0n) is 22.7. The lowest BCUT2D eigenvalue weighted by Gasteiger charge is -2.35. The Morgan fingerprint density at radius 2 is 1.69 bits per heavy atom. The summed E-state index contributed by atoms with van der Waals surface area (Å²) in [6, 6.07) is 6.20. The summed E-state index contributed by atoms with van der Waals surface area (Å²) in [5, 5.41) is 2.94. The van der Waals surface area contributed by atoms with Gasteiger partial charge in [-0.1, -0.05) is 28.2 Å². The molecular formula is C27H48N4O5S3. The first-order chi connectivity index (χ1) is 16.8. The van der Waals surface area contributed by atoms with E-state index < -0.39 is 18.2 Å². The number of methoxy groups -OCH3 is 1. The molecular weight excluding hydrogens is 557 g/mol. The van der Waals surface area contributed by atoms with Crippen LogP contribution in [0.1, 0.15) is 45.0 Å². The molecule has 9 nitrogen and oxygen atoms in total. The van der Waals surface area contributed by atoms with Gasteiger partial charge in [0, 0.05) is 44.5 Å². The maximum atomic E-state index is 13.5. The molecule has 3 fully saturated rings. The van der Waals surface area contributed by atoms with Crippen LogP contribution in [0.15, 0.2) is 24.3 Å². The van der Waals surface area contributed by atoms with Gasteiger partial charge in [-0.3, -0.25) is 14.4 Å². The summed E-state index contributed by atoms with van der Waals surface area (Å²) in [5.41, 5.74) is 1.61. The van der Waals surface area contributed by atoms with Crippen LogP contribution in [0, 0.1) is 5.92 Å². The monoisotopic (exact) mass is 604 g/mol. The Morgan fingerprint density at radius 3 is 2.23 bits per heavy atom. The molecule has 0 aliphatic carbocycles. The highest BCUT2D eigenvalue weighted by Gasteiger charge is 2.53. The molecule has 1 N–H and O–H groups in total. The number of carbonyl (C=O) groups excluding carboxylic acids is 3. The van der Waals surface area contributed by atoms with Gasteiger partial charge in [0.25, 0.3) is 5.91 Å². The van der Waals surface area contributed by atoms with Crippen LogP contribution < -0.4 is 10.2 Å². The number of benzene rings is 1. The number of hydrogen-bond donors (Lipinski definition) is 1. The van der Waals surface area contributed by atoms with Crippen LogP contribution in [0.2, 0.25) is 0 Å². The third kappa shape index (κ3) is 8.53. The Kier molecular flexibility index (Phi) is 16.1. The number of amides is 2. The molecule has 0 bridgehead atoms. The number of piperazine rings is 1. The van der Waals surface area contributed by atoms with E-state index in [-0.39, 0.29) is 90.7 Å². The van der Waals surface area contributed by atoms with Crippen LogP contribution in [0.5, 0.6) is 0 Å². The van der Waals surface area contributed by atoms with E-state index in [1.165, 1.54) is 0 Å². The molecule has 0 spiro atoms. The van der Waals surface area contributed by atoms with Gasteiger partial charge in [-0.25, -0.2) is 0 Å². The van der Waals surface area contributed by atoms with Crippen molar-refractivity contribution in [1.29, 1.82) is 0 Å². The van der Waals surface area contributed by atoms with Crippen LogP contribution in [-0.2, 0) is 19.1 Å². The molecule has 4 atom stereocenters. The highest BCUT2D eigenvalue weighted by Crippen LogP contribution is 2.30. The number of ether oxygens (including phenoxy) is 2. The van der Waals surface area contributed by atoms with Crippen molar-refractivity contribution in [1.82, 2.24) is 15.1 Å². The van der Waals surface area contributed by atoms with Crippen molar-refractivity contribution in [2.75, 3.05) is 57.9 Å². The summed E-state index contributed by atoms with van der Waals surface area (Å²) in [5.74, 6) is -0.487. The van der Waals surface area contributed by atoms with Crippen molar-refractivity contribution >= 4 is 63.8 Å². The maximum Gasteiger partial charge on any atom is 0.251 e. The summed E-state index contributed by atoms with van der Waals surface area (Å²) < 4.78 is 11.1. The number of carbonyl (C=O) groups is 3. The fraction of sp³-hybridized carbons (Fsp3) is 0.667. The summed E-state index contributed by atoms with van der Waals surface area (Å²) >= 11 is 0. The van der Waals surface area contributed by atoms with E-state index in [1.54, 1.807) is 12.0 Å². The normalized spacial score (nSPS) is 23.1. The van der Waals surface area contributed by atoms with E-state index in [1.807, 2.05) is 38.1 Å². The number of likely N-dealkylation sites (N-methyl/N-ethyl adjacent to an activating group) is 1. The van der Waals surface area contributed by atoms with E-state index in [4.69, 9.17) is 9.47 Å². The van der Waals surface area contributed by atoms with Crippen molar-refractivity contribution in [3.63, 3.8) is 0 Å². The highest BCUT2D eigenvalue weighted by molar-refractivity contribution is 7.59. The number of fused-ring (bicyclic) bond motifs is 1. The predicted octanol–water partition coefficient (Wildman–Crippen LogP) is 2.14. The summed E-state index contributed by atoms with van der Waals surface area (Å²) in [6.07, 6.45) is -0.318. The number of anilines is 1. The van der Waals surface area contributed by atoms with Gasteiger partial charge in [0.15, 0.2) is 5.78 Å². The van der Waals surface area contributed by atoms with Gasteiger partial charge in [-0.15, -0.1) is 0 Å². The Hall–Kier alpha value is -1.44. The Morgan fingerprint density at radius 1 is 1.08 bits per heavy atom. The minimum Gasteiger partial charge on any atom is -0.377 e. The average Bonchev–Trinajstić information content (AvgIpc) is 3.43. The van der Waals surface area contributed by atoms with E-state index in [0.29, 0.717) is 12.0 Å². The second-order valence-electron chi connectivity index (χ2n) is 10.1. The van der Waals surface area contributed by atoms with Gasteiger partial charge in [-0.2, -0.15) is 40.5 Å². The van der Waals surface area contributed by atoms with Crippen molar-refractivity contribution in [2.24, 2.45) is 5.92 Å². The van der Waals surface area contributed by atoms with Crippen molar-refractivity contribution in [2.45, 2.75) is 58.9 Å². The van der Waals surface area contributed by atoms with Crippen molar-refractivity contribution in [3.05, 3.63) is 29.8 Å². The molecule has 0 saturated carbocycles. The third-order valence-electron chi connectivity index (χ3n) is 7.35. The lowest BCUT2D eigenvalue weighted by Crippen LogP contribution is -2.52. The smallest absolute Gasteiger partial charge is 0.251 e. The number of Topliss-reactive ketones (excluding diaryl/α,β-unsaturated/α-hetero) is 1. The van der Waals surface area contributed by atoms with E-state index in [2.05, 4.69) is 22.0 Å². The first kappa shape index (κ1) is 37.6. The Labute approximate surface area is 254 Å². The summed E-state index contributed by atoms with van der Waals surface area (Å²) in [4.78, 5) is 45.4. The molecule has 12 heteroatoms. The van der Waals surface area contributed by atoms with Gasteiger partial charge in [-0.05, 0) is 43.1 Å².